The van der Waals surface area contributed by atoms with Crippen molar-refractivity contribution in [3.05, 3.63) is 53.7 Å². The number of hydrogen-bond acceptors (Lipinski definition) is 4. The van der Waals surface area contributed by atoms with E-state index in [1.807, 2.05) is 0 Å². The number of hydrogen-bond donors (Lipinski definition) is 2. The SMILES string of the molecule is CCC(O)(c1ccc(F)cn1)c1cccnc1N. The van der Waals surface area contributed by atoms with Crippen molar-refractivity contribution in [2.24, 2.45) is 0 Å². The molecule has 1 unspecified atom stereocenters. The van der Waals surface area contributed by atoms with Crippen LogP contribution in [0.15, 0.2) is 36.7 Å². The molecule has 0 spiro atoms. The maximum absolute atomic E-state index is 12.9. The molecular weight excluding hydrogens is 233 g/mol. The van der Waals surface area contributed by atoms with E-state index in [9.17, 15) is 9.50 Å². The lowest BCUT2D eigenvalue weighted by molar-refractivity contribution is 0.0722. The summed E-state index contributed by atoms with van der Waals surface area (Å²) in [5.41, 5.74) is 5.25. The van der Waals surface area contributed by atoms with Gasteiger partial charge in [-0.2, -0.15) is 0 Å². The number of nitrogens with two attached hydrogens (primary N) is 1. The molecule has 2 heterocycles. The topological polar surface area (TPSA) is 72.0 Å². The lowest BCUT2D eigenvalue weighted by Gasteiger charge is -2.27. The van der Waals surface area contributed by atoms with E-state index in [1.54, 1.807) is 25.3 Å². The fourth-order valence-corrected chi connectivity index (χ4v) is 1.90. The molecule has 94 valence electrons. The van der Waals surface area contributed by atoms with Gasteiger partial charge in [-0.3, -0.25) is 4.98 Å². The van der Waals surface area contributed by atoms with E-state index in [0.29, 0.717) is 17.7 Å². The van der Waals surface area contributed by atoms with Crippen molar-refractivity contribution in [3.8, 4) is 0 Å². The standard InChI is InChI=1S/C13H14FN3O/c1-2-13(18,10-4-3-7-16-12(10)15)11-6-5-9(14)8-17-11/h3-8,18H,2H2,1H3,(H2,15,16). The van der Waals surface area contributed by atoms with Crippen LogP contribution in [0.2, 0.25) is 0 Å². The average molecular weight is 247 g/mol. The van der Waals surface area contributed by atoms with Crippen LogP contribution in [-0.4, -0.2) is 15.1 Å². The Morgan fingerprint density at radius 3 is 2.67 bits per heavy atom. The summed E-state index contributed by atoms with van der Waals surface area (Å²) in [7, 11) is 0. The normalized spacial score (nSPS) is 14.2. The molecule has 0 bridgehead atoms. The first kappa shape index (κ1) is 12.4. The number of rotatable bonds is 3. The molecule has 0 aliphatic carbocycles. The summed E-state index contributed by atoms with van der Waals surface area (Å²) in [6.45, 7) is 1.80. The Balaban J connectivity index is 2.55. The number of nitrogens with zero attached hydrogens (tertiary/aromatic N) is 2. The monoisotopic (exact) mass is 247 g/mol. The highest BCUT2D eigenvalue weighted by atomic mass is 19.1. The first-order valence-corrected chi connectivity index (χ1v) is 5.63. The molecule has 0 saturated heterocycles. The third-order valence-electron chi connectivity index (χ3n) is 2.95. The molecule has 1 atom stereocenters. The van der Waals surface area contributed by atoms with Crippen molar-refractivity contribution in [1.29, 1.82) is 0 Å². The average Bonchev–Trinajstić information content (AvgIpc) is 2.39. The third kappa shape index (κ3) is 2.04. The predicted octanol–water partition coefficient (Wildman–Crippen LogP) is 1.84. The van der Waals surface area contributed by atoms with Crippen molar-refractivity contribution in [1.82, 2.24) is 9.97 Å². The van der Waals surface area contributed by atoms with Crippen LogP contribution >= 0.6 is 0 Å². The summed E-state index contributed by atoms with van der Waals surface area (Å²) in [4.78, 5) is 7.88. The highest BCUT2D eigenvalue weighted by Gasteiger charge is 2.33. The second-order valence-electron chi connectivity index (χ2n) is 4.01. The molecule has 0 radical (unpaired) electrons. The molecule has 2 aromatic rings. The van der Waals surface area contributed by atoms with Gasteiger partial charge in [0.25, 0.3) is 0 Å². The smallest absolute Gasteiger partial charge is 0.141 e. The van der Waals surface area contributed by atoms with Crippen molar-refractivity contribution in [2.75, 3.05) is 5.73 Å². The number of nitrogen functional groups attached to an aromatic ring is 1. The molecule has 18 heavy (non-hydrogen) atoms. The molecule has 0 saturated carbocycles. The zero-order valence-electron chi connectivity index (χ0n) is 9.97. The van der Waals surface area contributed by atoms with Crippen LogP contribution in [-0.2, 0) is 5.60 Å². The Kier molecular flexibility index (Phi) is 3.25. The van der Waals surface area contributed by atoms with Gasteiger partial charge in [0.1, 0.15) is 17.2 Å². The number of halogens is 1. The molecule has 0 aliphatic rings. The third-order valence-corrected chi connectivity index (χ3v) is 2.95. The minimum Gasteiger partial charge on any atom is -0.383 e. The first-order valence-electron chi connectivity index (χ1n) is 5.63. The number of aromatic nitrogens is 2. The van der Waals surface area contributed by atoms with E-state index in [2.05, 4.69) is 9.97 Å². The van der Waals surface area contributed by atoms with Crippen LogP contribution in [0.1, 0.15) is 24.6 Å². The lowest BCUT2D eigenvalue weighted by Crippen LogP contribution is -2.29. The van der Waals surface area contributed by atoms with Gasteiger partial charge < -0.3 is 10.8 Å². The Morgan fingerprint density at radius 2 is 2.11 bits per heavy atom. The molecule has 0 fully saturated rings. The maximum Gasteiger partial charge on any atom is 0.141 e. The van der Waals surface area contributed by atoms with Crippen molar-refractivity contribution < 1.29 is 9.50 Å². The van der Waals surface area contributed by atoms with Gasteiger partial charge in [-0.25, -0.2) is 9.37 Å². The number of aliphatic hydroxyl groups is 1. The van der Waals surface area contributed by atoms with Gasteiger partial charge in [0.05, 0.1) is 11.9 Å². The van der Waals surface area contributed by atoms with Crippen LogP contribution in [0.25, 0.3) is 0 Å². The lowest BCUT2D eigenvalue weighted by atomic mass is 9.88. The van der Waals surface area contributed by atoms with Crippen LogP contribution in [0.3, 0.4) is 0 Å². The number of pyridine rings is 2. The molecule has 0 aliphatic heterocycles. The predicted molar refractivity (Wildman–Crippen MR) is 66.1 cm³/mol. The summed E-state index contributed by atoms with van der Waals surface area (Å²) >= 11 is 0. The fourth-order valence-electron chi connectivity index (χ4n) is 1.90. The zero-order valence-corrected chi connectivity index (χ0v) is 9.97. The van der Waals surface area contributed by atoms with Crippen LogP contribution < -0.4 is 5.73 Å². The van der Waals surface area contributed by atoms with Gasteiger partial charge in [0.2, 0.25) is 0 Å². The second-order valence-corrected chi connectivity index (χ2v) is 4.01. The summed E-state index contributed by atoms with van der Waals surface area (Å²) in [5.74, 6) is -0.204. The van der Waals surface area contributed by atoms with Gasteiger partial charge in [-0.05, 0) is 24.6 Å². The zero-order chi connectivity index (χ0) is 13.2. The Morgan fingerprint density at radius 1 is 1.33 bits per heavy atom. The van der Waals surface area contributed by atoms with Crippen molar-refractivity contribution >= 4 is 5.82 Å². The van der Waals surface area contributed by atoms with Crippen LogP contribution in [0.5, 0.6) is 0 Å². The largest absolute Gasteiger partial charge is 0.383 e. The fraction of sp³-hybridized carbons (Fsp3) is 0.231. The van der Waals surface area contributed by atoms with E-state index < -0.39 is 11.4 Å². The van der Waals surface area contributed by atoms with E-state index in [-0.39, 0.29) is 5.82 Å². The van der Waals surface area contributed by atoms with Gasteiger partial charge in [0, 0.05) is 11.8 Å². The highest BCUT2D eigenvalue weighted by Crippen LogP contribution is 2.33. The molecule has 4 nitrogen and oxygen atoms in total. The summed E-state index contributed by atoms with van der Waals surface area (Å²) < 4.78 is 12.9. The minimum atomic E-state index is -1.36. The molecule has 2 aromatic heterocycles. The van der Waals surface area contributed by atoms with Crippen molar-refractivity contribution in [2.45, 2.75) is 18.9 Å². The molecule has 2 rings (SSSR count). The summed E-state index contributed by atoms with van der Waals surface area (Å²) in [6, 6.07) is 6.09. The van der Waals surface area contributed by atoms with Gasteiger partial charge in [-0.15, -0.1) is 0 Å². The van der Waals surface area contributed by atoms with Gasteiger partial charge in [-0.1, -0.05) is 13.0 Å². The first-order chi connectivity index (χ1) is 8.58. The number of anilines is 1. The second kappa shape index (κ2) is 4.70. The van der Waals surface area contributed by atoms with E-state index in [1.165, 1.54) is 12.1 Å². The molecular formula is C13H14FN3O. The Hall–Kier alpha value is -2.01. The summed E-state index contributed by atoms with van der Waals surface area (Å²) in [6.07, 6.45) is 2.98. The molecule has 0 aromatic carbocycles. The molecule has 5 heteroatoms. The van der Waals surface area contributed by atoms with E-state index in [4.69, 9.17) is 5.73 Å². The van der Waals surface area contributed by atoms with Gasteiger partial charge in [0.15, 0.2) is 0 Å². The minimum absolute atomic E-state index is 0.243. The van der Waals surface area contributed by atoms with Crippen molar-refractivity contribution in [3.63, 3.8) is 0 Å². The Labute approximate surface area is 104 Å². The quantitative estimate of drug-likeness (QED) is 0.868. The molecule has 3 N–H and O–H groups in total. The van der Waals surface area contributed by atoms with Crippen LogP contribution in [0.4, 0.5) is 10.2 Å². The Bertz CT molecular complexity index is 544. The van der Waals surface area contributed by atoms with E-state index in [0.717, 1.165) is 6.20 Å². The van der Waals surface area contributed by atoms with Crippen LogP contribution in [0, 0.1) is 5.82 Å². The summed E-state index contributed by atoms with van der Waals surface area (Å²) in [5, 5.41) is 10.7. The highest BCUT2D eigenvalue weighted by molar-refractivity contribution is 5.46. The van der Waals surface area contributed by atoms with Gasteiger partial charge >= 0.3 is 0 Å². The maximum atomic E-state index is 12.9. The molecule has 0 amide bonds. The van der Waals surface area contributed by atoms with E-state index >= 15 is 0 Å².